The van der Waals surface area contributed by atoms with Gasteiger partial charge >= 0.3 is 0 Å². The van der Waals surface area contributed by atoms with Crippen LogP contribution >= 0.6 is 11.8 Å². The van der Waals surface area contributed by atoms with Crippen LogP contribution in [0.3, 0.4) is 0 Å². The molecule has 0 fully saturated rings. The van der Waals surface area contributed by atoms with Gasteiger partial charge in [0, 0.05) is 20.0 Å². The first-order valence-corrected chi connectivity index (χ1v) is 10.4. The summed E-state index contributed by atoms with van der Waals surface area (Å²) < 4.78 is 20.6. The second-order valence-corrected chi connectivity index (χ2v) is 7.42. The molecule has 3 rings (SSSR count). The number of amides is 2. The minimum atomic E-state index is -0.566. The van der Waals surface area contributed by atoms with Crippen LogP contribution in [-0.4, -0.2) is 46.0 Å². The van der Waals surface area contributed by atoms with Crippen molar-refractivity contribution in [1.29, 1.82) is 0 Å². The lowest BCUT2D eigenvalue weighted by molar-refractivity contribution is -0.113. The number of aromatic nitrogens is 3. The predicted octanol–water partition coefficient (Wildman–Crippen LogP) is 2.67. The molecule has 0 unspecified atom stereocenters. The van der Waals surface area contributed by atoms with Gasteiger partial charge in [-0.2, -0.15) is 0 Å². The second-order valence-electron chi connectivity index (χ2n) is 6.48. The predicted molar refractivity (Wildman–Crippen MR) is 116 cm³/mol. The average molecular weight is 444 g/mol. The Hall–Kier alpha value is -3.40. The number of ether oxygens (including phenoxy) is 1. The van der Waals surface area contributed by atoms with Gasteiger partial charge in [-0.25, -0.2) is 4.39 Å². The number of carbonyl (C=O) groups is 2. The molecule has 0 spiro atoms. The Balaban J connectivity index is 1.49. The number of thioether (sulfide) groups is 1. The van der Waals surface area contributed by atoms with E-state index < -0.39 is 11.7 Å². The molecule has 1 aromatic heterocycles. The molecule has 0 bridgehead atoms. The molecule has 3 aromatic rings. The molecule has 0 saturated heterocycles. The number of rotatable bonds is 9. The third-order valence-corrected chi connectivity index (χ3v) is 5.41. The lowest BCUT2D eigenvalue weighted by Gasteiger charge is -2.09. The van der Waals surface area contributed by atoms with E-state index in [0.29, 0.717) is 28.8 Å². The van der Waals surface area contributed by atoms with Gasteiger partial charge in [-0.05, 0) is 24.3 Å². The number of methoxy groups -OCH3 is 1. The van der Waals surface area contributed by atoms with Crippen LogP contribution in [0, 0.1) is 5.82 Å². The first-order chi connectivity index (χ1) is 15.0. The van der Waals surface area contributed by atoms with Crippen LogP contribution in [0.5, 0.6) is 5.75 Å². The van der Waals surface area contributed by atoms with E-state index in [1.807, 2.05) is 12.1 Å². The highest BCUT2D eigenvalue weighted by molar-refractivity contribution is 7.99. The number of halogens is 1. The Labute approximate surface area is 183 Å². The summed E-state index contributed by atoms with van der Waals surface area (Å²) in [6.07, 6.45) is 0.414. The number of hydrogen-bond donors (Lipinski definition) is 2. The van der Waals surface area contributed by atoms with Crippen LogP contribution in [0.1, 0.15) is 16.2 Å². The summed E-state index contributed by atoms with van der Waals surface area (Å²) in [6, 6.07) is 13.0. The molecule has 31 heavy (non-hydrogen) atoms. The highest BCUT2D eigenvalue weighted by Crippen LogP contribution is 2.24. The summed E-state index contributed by atoms with van der Waals surface area (Å²) in [7, 11) is 3.33. The summed E-state index contributed by atoms with van der Waals surface area (Å²) in [5, 5.41) is 14.3. The maximum Gasteiger partial charge on any atom is 0.254 e. The normalized spacial score (nSPS) is 10.5. The second kappa shape index (κ2) is 10.6. The van der Waals surface area contributed by atoms with Crippen molar-refractivity contribution in [2.75, 3.05) is 24.7 Å². The molecule has 162 valence electrons. The minimum Gasteiger partial charge on any atom is -0.495 e. The van der Waals surface area contributed by atoms with Gasteiger partial charge in [-0.15, -0.1) is 10.2 Å². The van der Waals surface area contributed by atoms with E-state index in [4.69, 9.17) is 4.74 Å². The minimum absolute atomic E-state index is 0.00207. The summed E-state index contributed by atoms with van der Waals surface area (Å²) in [5.74, 6) is 0.122. The molecule has 2 N–H and O–H groups in total. The van der Waals surface area contributed by atoms with E-state index in [9.17, 15) is 14.0 Å². The largest absolute Gasteiger partial charge is 0.495 e. The van der Waals surface area contributed by atoms with E-state index in [1.165, 1.54) is 30.0 Å². The third kappa shape index (κ3) is 5.82. The highest BCUT2D eigenvalue weighted by atomic mass is 32.2. The van der Waals surface area contributed by atoms with E-state index in [2.05, 4.69) is 20.8 Å². The highest BCUT2D eigenvalue weighted by Gasteiger charge is 2.14. The Kier molecular flexibility index (Phi) is 7.60. The van der Waals surface area contributed by atoms with Crippen LogP contribution < -0.4 is 15.4 Å². The molecule has 2 amide bonds. The molecule has 1 heterocycles. The molecule has 0 aliphatic rings. The van der Waals surface area contributed by atoms with Crippen molar-refractivity contribution >= 4 is 29.3 Å². The Morgan fingerprint density at radius 2 is 1.87 bits per heavy atom. The van der Waals surface area contributed by atoms with E-state index in [0.717, 1.165) is 0 Å². The van der Waals surface area contributed by atoms with Gasteiger partial charge < -0.3 is 19.9 Å². The van der Waals surface area contributed by atoms with Crippen molar-refractivity contribution in [2.24, 2.45) is 7.05 Å². The molecular formula is C21H22FN5O3S. The summed E-state index contributed by atoms with van der Waals surface area (Å²) in [6.45, 7) is 0.276. The zero-order valence-electron chi connectivity index (χ0n) is 17.1. The van der Waals surface area contributed by atoms with Gasteiger partial charge in [0.1, 0.15) is 17.4 Å². The van der Waals surface area contributed by atoms with Crippen LogP contribution in [0.25, 0.3) is 0 Å². The van der Waals surface area contributed by atoms with E-state index in [-0.39, 0.29) is 23.8 Å². The summed E-state index contributed by atoms with van der Waals surface area (Å²) >= 11 is 1.25. The van der Waals surface area contributed by atoms with Gasteiger partial charge in [-0.1, -0.05) is 36.0 Å². The fourth-order valence-electron chi connectivity index (χ4n) is 2.78. The molecule has 0 saturated carbocycles. The third-order valence-electron chi connectivity index (χ3n) is 4.39. The number of hydrogen-bond acceptors (Lipinski definition) is 6. The van der Waals surface area contributed by atoms with Crippen molar-refractivity contribution < 1.29 is 18.7 Å². The van der Waals surface area contributed by atoms with Crippen LogP contribution in [-0.2, 0) is 18.3 Å². The molecule has 0 aliphatic carbocycles. The average Bonchev–Trinajstić information content (AvgIpc) is 3.12. The number of benzene rings is 2. The first-order valence-electron chi connectivity index (χ1n) is 9.46. The van der Waals surface area contributed by atoms with E-state index in [1.54, 1.807) is 36.9 Å². The maximum atomic E-state index is 13.7. The smallest absolute Gasteiger partial charge is 0.254 e. The van der Waals surface area contributed by atoms with Gasteiger partial charge in [0.25, 0.3) is 5.91 Å². The van der Waals surface area contributed by atoms with Crippen LogP contribution in [0.15, 0.2) is 53.7 Å². The molecule has 2 aromatic carbocycles. The van der Waals surface area contributed by atoms with Crippen molar-refractivity contribution in [3.8, 4) is 5.75 Å². The summed E-state index contributed by atoms with van der Waals surface area (Å²) in [5.41, 5.74) is 0.595. The van der Waals surface area contributed by atoms with E-state index >= 15 is 0 Å². The number of carbonyl (C=O) groups excluding carboxylic acids is 2. The molecule has 8 nitrogen and oxygen atoms in total. The van der Waals surface area contributed by atoms with Crippen LogP contribution in [0.2, 0.25) is 0 Å². The van der Waals surface area contributed by atoms with Crippen LogP contribution in [0.4, 0.5) is 10.1 Å². The monoisotopic (exact) mass is 443 g/mol. The fraction of sp³-hybridized carbons (Fsp3) is 0.238. The maximum absolute atomic E-state index is 13.7. The Morgan fingerprint density at radius 1 is 1.13 bits per heavy atom. The van der Waals surface area contributed by atoms with Gasteiger partial charge in [0.05, 0.1) is 24.1 Å². The van der Waals surface area contributed by atoms with Crippen molar-refractivity contribution in [3.63, 3.8) is 0 Å². The fourth-order valence-corrected chi connectivity index (χ4v) is 3.51. The van der Waals surface area contributed by atoms with Crippen molar-refractivity contribution in [3.05, 3.63) is 65.7 Å². The molecular weight excluding hydrogens is 421 g/mol. The zero-order chi connectivity index (χ0) is 22.2. The number of nitrogens with zero attached hydrogens (tertiary/aromatic N) is 3. The number of para-hydroxylation sites is 2. The molecule has 0 atom stereocenters. The lowest BCUT2D eigenvalue weighted by atomic mass is 10.2. The van der Waals surface area contributed by atoms with Crippen molar-refractivity contribution in [1.82, 2.24) is 20.1 Å². The SMILES string of the molecule is COc1ccccc1NC(=O)CSc1nnc(CCNC(=O)c2ccccc2F)n1C. The quantitative estimate of drug-likeness (QED) is 0.494. The molecule has 0 radical (unpaired) electrons. The topological polar surface area (TPSA) is 98.1 Å². The van der Waals surface area contributed by atoms with Crippen molar-refractivity contribution in [2.45, 2.75) is 11.6 Å². The first kappa shape index (κ1) is 22.3. The number of nitrogens with one attached hydrogen (secondary N) is 2. The lowest BCUT2D eigenvalue weighted by Crippen LogP contribution is -2.27. The summed E-state index contributed by atoms with van der Waals surface area (Å²) in [4.78, 5) is 24.3. The standard InChI is InChI=1S/C21H22FN5O3S/c1-27-18(11-12-23-20(29)14-7-3-4-8-15(14)22)25-26-21(27)31-13-19(28)24-16-9-5-6-10-17(16)30-2/h3-10H,11-13H2,1-2H3,(H,23,29)(H,24,28). The van der Waals surface area contributed by atoms with Gasteiger partial charge in [0.2, 0.25) is 5.91 Å². The molecule has 0 aliphatic heterocycles. The number of anilines is 1. The van der Waals surface area contributed by atoms with Gasteiger partial charge in [-0.3, -0.25) is 9.59 Å². The van der Waals surface area contributed by atoms with Gasteiger partial charge in [0.15, 0.2) is 5.16 Å². The molecule has 10 heteroatoms. The Bertz CT molecular complexity index is 1070. The Morgan fingerprint density at radius 3 is 2.65 bits per heavy atom. The zero-order valence-corrected chi connectivity index (χ0v) is 17.9.